The van der Waals surface area contributed by atoms with E-state index in [1.54, 1.807) is 44.2 Å². The summed E-state index contributed by atoms with van der Waals surface area (Å²) in [4.78, 5) is 25.7. The quantitative estimate of drug-likeness (QED) is 0.499. The van der Waals surface area contributed by atoms with Crippen molar-refractivity contribution in [2.24, 2.45) is 5.92 Å². The normalized spacial score (nSPS) is 20.0. The number of piperidine rings is 1. The third-order valence-corrected chi connectivity index (χ3v) is 5.75. The number of benzene rings is 1. The molecule has 3 aromatic rings. The molecule has 1 aromatic carbocycles. The Balaban J connectivity index is 1.60. The number of rotatable bonds is 5. The van der Waals surface area contributed by atoms with Crippen LogP contribution in [0.1, 0.15) is 35.4 Å². The van der Waals surface area contributed by atoms with Gasteiger partial charge in [0.2, 0.25) is 0 Å². The van der Waals surface area contributed by atoms with Crippen molar-refractivity contribution < 1.29 is 31.2 Å². The highest BCUT2D eigenvalue weighted by atomic mass is 19.4. The van der Waals surface area contributed by atoms with E-state index in [1.165, 1.54) is 0 Å². The Hall–Kier alpha value is -3.57. The maximum Gasteiger partial charge on any atom is 0.434 e. The Morgan fingerprint density at radius 3 is 2.54 bits per heavy atom. The molecule has 0 spiro atoms. The number of anilines is 1. The molecule has 3 heterocycles. The van der Waals surface area contributed by atoms with Gasteiger partial charge in [0.1, 0.15) is 5.82 Å². The summed E-state index contributed by atoms with van der Waals surface area (Å²) < 4.78 is 72.8. The summed E-state index contributed by atoms with van der Waals surface area (Å²) in [5.41, 5.74) is -0.665. The van der Waals surface area contributed by atoms with Gasteiger partial charge in [0.25, 0.3) is 11.8 Å². The third-order valence-electron chi connectivity index (χ3n) is 5.75. The van der Waals surface area contributed by atoms with Gasteiger partial charge < -0.3 is 14.6 Å². The molecular formula is C23H22F5N5O2. The molecule has 4 rings (SSSR count). The monoisotopic (exact) mass is 495 g/mol. The van der Waals surface area contributed by atoms with Crippen LogP contribution >= 0.6 is 0 Å². The zero-order valence-electron chi connectivity index (χ0n) is 18.8. The van der Waals surface area contributed by atoms with Crippen LogP contribution in [0.15, 0.2) is 47.1 Å². The summed E-state index contributed by atoms with van der Waals surface area (Å²) in [5, 5.41) is 2.82. The lowest BCUT2D eigenvalue weighted by molar-refractivity contribution is -0.141. The Kier molecular flexibility index (Phi) is 6.48. The molecule has 2 aromatic heterocycles. The number of amides is 1. The number of oxazole rings is 1. The van der Waals surface area contributed by atoms with Gasteiger partial charge in [-0.2, -0.15) is 13.2 Å². The number of carbonyl (C=O) groups excluding carboxylic acids is 1. The van der Waals surface area contributed by atoms with E-state index in [0.717, 1.165) is 11.1 Å². The second-order valence-electron chi connectivity index (χ2n) is 8.48. The Morgan fingerprint density at radius 1 is 1.20 bits per heavy atom. The lowest BCUT2D eigenvalue weighted by Gasteiger charge is -2.43. The summed E-state index contributed by atoms with van der Waals surface area (Å²) in [6.07, 6.45) is -3.60. The molecule has 0 radical (unpaired) electrons. The van der Waals surface area contributed by atoms with Crippen LogP contribution in [0.3, 0.4) is 0 Å². The molecule has 1 amide bonds. The zero-order chi connectivity index (χ0) is 25.4. The largest absolute Gasteiger partial charge is 0.440 e. The lowest BCUT2D eigenvalue weighted by atomic mass is 9.88. The standard InChI is InChI=1S/C23H22F5N5O2/c1-13-8-22(24,25)12-33(16(13)9-30-18-11-29-17(10-31-18)23(26,27)28)21(34)19-20(35-14(2)32-19)15-6-4-3-5-7-15/h3-7,10-11,13,16H,8-9,12H2,1-2H3,(H,30,31). The summed E-state index contributed by atoms with van der Waals surface area (Å²) in [5.74, 6) is -4.07. The summed E-state index contributed by atoms with van der Waals surface area (Å²) >= 11 is 0. The van der Waals surface area contributed by atoms with Crippen LogP contribution in [0, 0.1) is 12.8 Å². The van der Waals surface area contributed by atoms with Crippen molar-refractivity contribution in [1.29, 1.82) is 0 Å². The SMILES string of the molecule is Cc1nc(C(=O)N2CC(F)(F)CC(C)C2CNc2cnc(C(F)(F)F)cn2)c(-c2ccccc2)o1. The molecular weight excluding hydrogens is 473 g/mol. The van der Waals surface area contributed by atoms with Gasteiger partial charge in [-0.3, -0.25) is 4.79 Å². The van der Waals surface area contributed by atoms with E-state index in [0.29, 0.717) is 11.8 Å². The molecule has 1 aliphatic heterocycles. The molecule has 0 saturated carbocycles. The van der Waals surface area contributed by atoms with Crippen LogP contribution in [-0.2, 0) is 6.18 Å². The molecule has 35 heavy (non-hydrogen) atoms. The molecule has 0 aliphatic carbocycles. The molecule has 186 valence electrons. The second-order valence-corrected chi connectivity index (χ2v) is 8.48. The van der Waals surface area contributed by atoms with E-state index in [-0.39, 0.29) is 29.7 Å². The fraction of sp³-hybridized carbons (Fsp3) is 0.391. The van der Waals surface area contributed by atoms with E-state index in [9.17, 15) is 26.7 Å². The topological polar surface area (TPSA) is 84.2 Å². The van der Waals surface area contributed by atoms with Gasteiger partial charge in [-0.25, -0.2) is 23.7 Å². The first-order valence-electron chi connectivity index (χ1n) is 10.8. The number of aryl methyl sites for hydroxylation is 1. The average molecular weight is 495 g/mol. The van der Waals surface area contributed by atoms with Crippen molar-refractivity contribution in [2.45, 2.75) is 38.4 Å². The highest BCUT2D eigenvalue weighted by Gasteiger charge is 2.47. The van der Waals surface area contributed by atoms with E-state index in [2.05, 4.69) is 20.3 Å². The van der Waals surface area contributed by atoms with E-state index >= 15 is 0 Å². The van der Waals surface area contributed by atoms with Crippen LogP contribution in [-0.4, -0.2) is 50.8 Å². The van der Waals surface area contributed by atoms with Crippen molar-refractivity contribution >= 4 is 11.7 Å². The first-order valence-corrected chi connectivity index (χ1v) is 10.8. The fourth-order valence-corrected chi connectivity index (χ4v) is 4.15. The number of hydrogen-bond acceptors (Lipinski definition) is 6. The molecule has 12 heteroatoms. The number of alkyl halides is 5. The van der Waals surface area contributed by atoms with Crippen LogP contribution < -0.4 is 5.32 Å². The van der Waals surface area contributed by atoms with E-state index in [4.69, 9.17) is 4.42 Å². The fourth-order valence-electron chi connectivity index (χ4n) is 4.15. The van der Waals surface area contributed by atoms with Crippen molar-refractivity contribution in [2.75, 3.05) is 18.4 Å². The molecule has 2 atom stereocenters. The van der Waals surface area contributed by atoms with E-state index < -0.39 is 48.6 Å². The highest BCUT2D eigenvalue weighted by molar-refractivity contribution is 5.98. The average Bonchev–Trinajstić information content (AvgIpc) is 3.19. The van der Waals surface area contributed by atoms with Crippen LogP contribution in [0.25, 0.3) is 11.3 Å². The maximum atomic E-state index is 14.5. The van der Waals surface area contributed by atoms with Gasteiger partial charge in [0.15, 0.2) is 23.0 Å². The van der Waals surface area contributed by atoms with Gasteiger partial charge in [-0.15, -0.1) is 0 Å². The Labute approximate surface area is 197 Å². The van der Waals surface area contributed by atoms with Crippen LogP contribution in [0.2, 0.25) is 0 Å². The minimum atomic E-state index is -4.63. The summed E-state index contributed by atoms with van der Waals surface area (Å²) in [6.45, 7) is 2.28. The number of carbonyl (C=O) groups is 1. The van der Waals surface area contributed by atoms with Gasteiger partial charge >= 0.3 is 6.18 Å². The first-order chi connectivity index (χ1) is 16.4. The molecule has 1 fully saturated rings. The number of halogens is 5. The number of nitrogens with one attached hydrogen (secondary N) is 1. The minimum Gasteiger partial charge on any atom is -0.440 e. The number of likely N-dealkylation sites (tertiary alicyclic amines) is 1. The van der Waals surface area contributed by atoms with Crippen molar-refractivity contribution in [3.05, 3.63) is 60.0 Å². The number of aromatic nitrogens is 3. The molecule has 1 N–H and O–H groups in total. The molecule has 1 saturated heterocycles. The van der Waals surface area contributed by atoms with Crippen molar-refractivity contribution in [3.8, 4) is 11.3 Å². The molecule has 2 unspecified atom stereocenters. The predicted molar refractivity (Wildman–Crippen MR) is 116 cm³/mol. The van der Waals surface area contributed by atoms with Crippen molar-refractivity contribution in [3.63, 3.8) is 0 Å². The molecule has 0 bridgehead atoms. The van der Waals surface area contributed by atoms with Crippen LogP contribution in [0.5, 0.6) is 0 Å². The van der Waals surface area contributed by atoms with Gasteiger partial charge in [0, 0.05) is 25.5 Å². The maximum absolute atomic E-state index is 14.5. The van der Waals surface area contributed by atoms with Crippen LogP contribution in [0.4, 0.5) is 27.8 Å². The number of hydrogen-bond donors (Lipinski definition) is 1. The molecule has 1 aliphatic rings. The molecule has 7 nitrogen and oxygen atoms in total. The Morgan fingerprint density at radius 2 is 1.91 bits per heavy atom. The third kappa shape index (κ3) is 5.41. The van der Waals surface area contributed by atoms with Gasteiger partial charge in [-0.05, 0) is 5.92 Å². The highest BCUT2D eigenvalue weighted by Crippen LogP contribution is 2.36. The van der Waals surface area contributed by atoms with Crippen molar-refractivity contribution in [1.82, 2.24) is 19.9 Å². The van der Waals surface area contributed by atoms with Gasteiger partial charge in [0.05, 0.1) is 25.0 Å². The minimum absolute atomic E-state index is 0.0252. The van der Waals surface area contributed by atoms with Gasteiger partial charge in [-0.1, -0.05) is 37.3 Å². The second kappa shape index (κ2) is 9.23. The zero-order valence-corrected chi connectivity index (χ0v) is 18.8. The first kappa shape index (κ1) is 24.6. The van der Waals surface area contributed by atoms with E-state index in [1.807, 2.05) is 0 Å². The summed E-state index contributed by atoms with van der Waals surface area (Å²) in [6, 6.07) is 7.99. The smallest absolute Gasteiger partial charge is 0.434 e. The summed E-state index contributed by atoms with van der Waals surface area (Å²) in [7, 11) is 0. The Bertz CT molecular complexity index is 1180. The lowest BCUT2D eigenvalue weighted by Crippen LogP contribution is -2.57. The predicted octanol–water partition coefficient (Wildman–Crippen LogP) is 5.06. The number of nitrogens with zero attached hydrogens (tertiary/aromatic N) is 4.